The number of nitrogens with one attached hydrogen (secondary N) is 1. The van der Waals surface area contributed by atoms with Crippen LogP contribution in [0.3, 0.4) is 0 Å². The fourth-order valence-corrected chi connectivity index (χ4v) is 5.36. The van der Waals surface area contributed by atoms with Gasteiger partial charge in [-0.2, -0.15) is 5.10 Å². The lowest BCUT2D eigenvalue weighted by atomic mass is 10.2. The first-order valence-electron chi connectivity index (χ1n) is 12.0. The largest absolute Gasteiger partial charge is 0.495 e. The van der Waals surface area contributed by atoms with Gasteiger partial charge in [-0.1, -0.05) is 53.5 Å². The Hall–Kier alpha value is -4.05. The Bertz CT molecular complexity index is 1580. The molecule has 4 aromatic rings. The average molecular weight is 599 g/mol. The summed E-state index contributed by atoms with van der Waals surface area (Å²) in [5.41, 5.74) is 4.18. The van der Waals surface area contributed by atoms with E-state index in [1.165, 1.54) is 37.6 Å². The number of hydrogen-bond donors (Lipinski definition) is 1. The lowest BCUT2D eigenvalue weighted by molar-refractivity contribution is -0.119. The van der Waals surface area contributed by atoms with E-state index < -0.39 is 22.5 Å². The lowest BCUT2D eigenvalue weighted by Crippen LogP contribution is -2.39. The van der Waals surface area contributed by atoms with E-state index in [0.717, 1.165) is 9.87 Å². The highest BCUT2D eigenvalue weighted by atomic mass is 35.5. The molecule has 40 heavy (non-hydrogen) atoms. The molecular formula is C29H25Cl2N3O5S. The molecule has 0 saturated carbocycles. The molecule has 11 heteroatoms. The van der Waals surface area contributed by atoms with Crippen LogP contribution < -0.4 is 19.2 Å². The fraction of sp³-hybridized carbons (Fsp3) is 0.103. The highest BCUT2D eigenvalue weighted by Gasteiger charge is 2.29. The van der Waals surface area contributed by atoms with Crippen molar-refractivity contribution in [3.05, 3.63) is 118 Å². The number of rotatable bonds is 11. The predicted octanol–water partition coefficient (Wildman–Crippen LogP) is 5.93. The first-order chi connectivity index (χ1) is 19.3. The maximum atomic E-state index is 13.5. The van der Waals surface area contributed by atoms with Crippen molar-refractivity contribution in [1.29, 1.82) is 0 Å². The summed E-state index contributed by atoms with van der Waals surface area (Å²) >= 11 is 12.1. The number of halogens is 2. The van der Waals surface area contributed by atoms with E-state index in [1.54, 1.807) is 60.7 Å². The Morgan fingerprint density at radius 2 is 1.60 bits per heavy atom. The molecule has 0 spiro atoms. The Morgan fingerprint density at radius 1 is 0.925 bits per heavy atom. The number of carbonyl (C=O) groups is 1. The van der Waals surface area contributed by atoms with Crippen molar-refractivity contribution in [1.82, 2.24) is 5.43 Å². The molecule has 8 nitrogen and oxygen atoms in total. The number of hydrazone groups is 1. The number of hydrogen-bond acceptors (Lipinski definition) is 6. The zero-order valence-electron chi connectivity index (χ0n) is 21.3. The zero-order chi connectivity index (χ0) is 28.5. The molecule has 0 fully saturated rings. The first-order valence-corrected chi connectivity index (χ1v) is 14.2. The Balaban J connectivity index is 1.44. The minimum atomic E-state index is -4.15. The van der Waals surface area contributed by atoms with Crippen LogP contribution in [-0.2, 0) is 21.4 Å². The molecule has 1 amide bonds. The van der Waals surface area contributed by atoms with E-state index in [-0.39, 0.29) is 21.4 Å². The van der Waals surface area contributed by atoms with E-state index >= 15 is 0 Å². The van der Waals surface area contributed by atoms with Gasteiger partial charge in [-0.25, -0.2) is 13.8 Å². The molecule has 0 aliphatic carbocycles. The van der Waals surface area contributed by atoms with Gasteiger partial charge in [-0.3, -0.25) is 9.10 Å². The van der Waals surface area contributed by atoms with E-state index in [4.69, 9.17) is 32.7 Å². The van der Waals surface area contributed by atoms with E-state index in [0.29, 0.717) is 22.9 Å². The summed E-state index contributed by atoms with van der Waals surface area (Å²) in [6.07, 6.45) is 1.44. The highest BCUT2D eigenvalue weighted by Crippen LogP contribution is 2.34. The number of benzene rings is 4. The Kier molecular flexibility index (Phi) is 9.65. The smallest absolute Gasteiger partial charge is 0.264 e. The second-order valence-corrected chi connectivity index (χ2v) is 11.2. The molecular weight excluding hydrogens is 573 g/mol. The van der Waals surface area contributed by atoms with Crippen molar-refractivity contribution < 1.29 is 22.7 Å². The summed E-state index contributed by atoms with van der Waals surface area (Å²) in [6.45, 7) is -0.177. The topological polar surface area (TPSA) is 97.3 Å². The maximum Gasteiger partial charge on any atom is 0.264 e. The second-order valence-electron chi connectivity index (χ2n) is 8.42. The van der Waals surface area contributed by atoms with Gasteiger partial charge in [0, 0.05) is 10.0 Å². The monoisotopic (exact) mass is 597 g/mol. The summed E-state index contributed by atoms with van der Waals surface area (Å²) in [7, 11) is -2.75. The van der Waals surface area contributed by atoms with Crippen LogP contribution in [0.1, 0.15) is 11.1 Å². The standard InChI is InChI=1S/C29H25Cl2N3O5S/c1-38-28-16-13-24(31)17-27(28)34(40(36,37)26-5-3-2-4-6-26)19-29(35)33-32-18-21-9-14-25(15-10-21)39-20-22-7-11-23(30)12-8-22/h2-18H,19-20H2,1H3,(H,33,35)/b32-18-. The Morgan fingerprint density at radius 3 is 2.27 bits per heavy atom. The van der Waals surface area contributed by atoms with Crippen LogP contribution in [0.25, 0.3) is 0 Å². The van der Waals surface area contributed by atoms with Gasteiger partial charge in [-0.05, 0) is 77.9 Å². The van der Waals surface area contributed by atoms with Crippen molar-refractivity contribution in [3.8, 4) is 11.5 Å². The van der Waals surface area contributed by atoms with Crippen LogP contribution in [0.2, 0.25) is 10.0 Å². The number of nitrogens with zero attached hydrogens (tertiary/aromatic N) is 2. The minimum absolute atomic E-state index is 0.00620. The van der Waals surface area contributed by atoms with Crippen molar-refractivity contribution in [2.24, 2.45) is 5.10 Å². The molecule has 1 N–H and O–H groups in total. The van der Waals surface area contributed by atoms with Gasteiger partial charge < -0.3 is 9.47 Å². The summed E-state index contributed by atoms with van der Waals surface area (Å²) in [4.78, 5) is 12.8. The van der Waals surface area contributed by atoms with Crippen LogP contribution >= 0.6 is 23.2 Å². The van der Waals surface area contributed by atoms with Crippen LogP contribution in [0, 0.1) is 0 Å². The molecule has 0 aliphatic rings. The maximum absolute atomic E-state index is 13.5. The molecule has 0 aromatic heterocycles. The predicted molar refractivity (Wildman–Crippen MR) is 157 cm³/mol. The molecule has 0 heterocycles. The highest BCUT2D eigenvalue weighted by molar-refractivity contribution is 7.92. The number of ether oxygens (including phenoxy) is 2. The van der Waals surface area contributed by atoms with Crippen LogP contribution in [0.15, 0.2) is 107 Å². The van der Waals surface area contributed by atoms with Crippen molar-refractivity contribution in [2.75, 3.05) is 18.0 Å². The number of methoxy groups -OCH3 is 1. The van der Waals surface area contributed by atoms with Crippen molar-refractivity contribution in [2.45, 2.75) is 11.5 Å². The SMILES string of the molecule is COc1ccc(Cl)cc1N(CC(=O)N/N=C\c1ccc(OCc2ccc(Cl)cc2)cc1)S(=O)(=O)c1ccccc1. The molecule has 0 aliphatic heterocycles. The minimum Gasteiger partial charge on any atom is -0.495 e. The van der Waals surface area contributed by atoms with Crippen molar-refractivity contribution >= 4 is 51.0 Å². The third-order valence-corrected chi connectivity index (χ3v) is 7.89. The molecule has 0 unspecified atom stereocenters. The fourth-order valence-electron chi connectivity index (χ4n) is 3.62. The van der Waals surface area contributed by atoms with Crippen LogP contribution in [0.4, 0.5) is 5.69 Å². The normalized spacial score (nSPS) is 11.3. The molecule has 0 radical (unpaired) electrons. The average Bonchev–Trinajstić information content (AvgIpc) is 2.96. The van der Waals surface area contributed by atoms with Gasteiger partial charge in [0.05, 0.1) is 23.9 Å². The molecule has 0 bridgehead atoms. The number of anilines is 1. The second kappa shape index (κ2) is 13.3. The summed E-state index contributed by atoms with van der Waals surface area (Å²) < 4.78 is 39.1. The molecule has 0 saturated heterocycles. The number of carbonyl (C=O) groups excluding carboxylic acids is 1. The van der Waals surface area contributed by atoms with E-state index in [1.807, 2.05) is 12.1 Å². The van der Waals surface area contributed by atoms with E-state index in [9.17, 15) is 13.2 Å². The van der Waals surface area contributed by atoms with Gasteiger partial charge in [0.2, 0.25) is 0 Å². The molecule has 4 aromatic carbocycles. The van der Waals surface area contributed by atoms with Gasteiger partial charge in [0.1, 0.15) is 24.7 Å². The summed E-state index contributed by atoms with van der Waals surface area (Å²) in [6, 6.07) is 26.8. The third kappa shape index (κ3) is 7.53. The molecule has 4 rings (SSSR count). The first kappa shape index (κ1) is 28.9. The lowest BCUT2D eigenvalue weighted by Gasteiger charge is -2.25. The zero-order valence-corrected chi connectivity index (χ0v) is 23.7. The molecule has 206 valence electrons. The quantitative estimate of drug-likeness (QED) is 0.171. The van der Waals surface area contributed by atoms with Crippen molar-refractivity contribution in [3.63, 3.8) is 0 Å². The number of amides is 1. The summed E-state index contributed by atoms with van der Waals surface area (Å²) in [5, 5.41) is 4.92. The Labute approximate surface area is 242 Å². The van der Waals surface area contributed by atoms with Crippen LogP contribution in [0.5, 0.6) is 11.5 Å². The van der Waals surface area contributed by atoms with Gasteiger partial charge >= 0.3 is 0 Å². The van der Waals surface area contributed by atoms with Gasteiger partial charge in [-0.15, -0.1) is 0 Å². The van der Waals surface area contributed by atoms with E-state index in [2.05, 4.69) is 10.5 Å². The van der Waals surface area contributed by atoms with Crippen LogP contribution in [-0.4, -0.2) is 34.2 Å². The summed E-state index contributed by atoms with van der Waals surface area (Å²) in [5.74, 6) is 0.229. The third-order valence-electron chi connectivity index (χ3n) is 5.63. The molecule has 0 atom stereocenters. The van der Waals surface area contributed by atoms with Gasteiger partial charge in [0.25, 0.3) is 15.9 Å². The van der Waals surface area contributed by atoms with Gasteiger partial charge in [0.15, 0.2) is 0 Å². The number of sulfonamides is 1.